The van der Waals surface area contributed by atoms with Gasteiger partial charge in [-0.15, -0.1) is 0 Å². The standard InChI is InChI=1S/C46H80O6/c1-4-7-10-13-16-19-21-22-23-24-25-28-30-33-36-39-45(48)51-42-43(41-50-44(47)38-35-32-29-26-18-15-12-9-6-3)52-46(49)40-37-34-31-27-20-17-14-11-8-5-2/h9,12,14,17-19,21,26,43H,4-8,10-11,13,15-16,20,22-25,27-42H2,1-3H3/b12-9-,17-14-,21-19-,26-18-. The van der Waals surface area contributed by atoms with Crippen LogP contribution in [0.3, 0.4) is 0 Å². The summed E-state index contributed by atoms with van der Waals surface area (Å²) in [4.78, 5) is 37.5. The smallest absolute Gasteiger partial charge is 0.306 e. The zero-order valence-corrected chi connectivity index (χ0v) is 34.1. The SMILES string of the molecule is CC/C=C\C/C=C\CCCCC(=O)OCC(COC(=O)CCCCCCCCC/C=C\CCCCCC)OC(=O)CCCCCC/C=C\CCCC. The Morgan fingerprint density at radius 3 is 1.27 bits per heavy atom. The van der Waals surface area contributed by atoms with Gasteiger partial charge in [0.2, 0.25) is 0 Å². The van der Waals surface area contributed by atoms with E-state index >= 15 is 0 Å². The van der Waals surface area contributed by atoms with Crippen LogP contribution >= 0.6 is 0 Å². The predicted octanol–water partition coefficient (Wildman–Crippen LogP) is 13.6. The summed E-state index contributed by atoms with van der Waals surface area (Å²) in [6, 6.07) is 0. The molecule has 0 heterocycles. The van der Waals surface area contributed by atoms with Crippen molar-refractivity contribution in [2.24, 2.45) is 0 Å². The van der Waals surface area contributed by atoms with E-state index in [4.69, 9.17) is 14.2 Å². The van der Waals surface area contributed by atoms with Crippen molar-refractivity contribution >= 4 is 17.9 Å². The van der Waals surface area contributed by atoms with Crippen LogP contribution < -0.4 is 0 Å². The fraction of sp³-hybridized carbons (Fsp3) is 0.761. The van der Waals surface area contributed by atoms with Crippen molar-refractivity contribution in [2.45, 2.75) is 213 Å². The molecule has 6 nitrogen and oxygen atoms in total. The first-order valence-corrected chi connectivity index (χ1v) is 21.6. The number of carbonyl (C=O) groups excluding carboxylic acids is 3. The fourth-order valence-electron chi connectivity index (χ4n) is 5.75. The van der Waals surface area contributed by atoms with Crippen LogP contribution in [0.4, 0.5) is 0 Å². The third kappa shape index (κ3) is 38.6. The van der Waals surface area contributed by atoms with Gasteiger partial charge in [-0.25, -0.2) is 0 Å². The van der Waals surface area contributed by atoms with Gasteiger partial charge in [-0.05, 0) is 89.9 Å². The lowest BCUT2D eigenvalue weighted by Crippen LogP contribution is -2.30. The Hall–Kier alpha value is -2.63. The van der Waals surface area contributed by atoms with Gasteiger partial charge in [0.15, 0.2) is 6.10 Å². The number of rotatable bonds is 38. The quantitative estimate of drug-likeness (QED) is 0.0272. The first-order valence-electron chi connectivity index (χ1n) is 21.6. The van der Waals surface area contributed by atoms with Gasteiger partial charge in [0.1, 0.15) is 13.2 Å². The Labute approximate surface area is 320 Å². The summed E-state index contributed by atoms with van der Waals surface area (Å²) < 4.78 is 16.6. The van der Waals surface area contributed by atoms with Crippen molar-refractivity contribution in [2.75, 3.05) is 13.2 Å². The lowest BCUT2D eigenvalue weighted by molar-refractivity contribution is -0.167. The van der Waals surface area contributed by atoms with Crippen LogP contribution in [0.1, 0.15) is 207 Å². The maximum absolute atomic E-state index is 12.6. The summed E-state index contributed by atoms with van der Waals surface area (Å²) in [7, 11) is 0. The Morgan fingerprint density at radius 1 is 0.404 bits per heavy atom. The lowest BCUT2D eigenvalue weighted by atomic mass is 10.1. The van der Waals surface area contributed by atoms with E-state index in [1.54, 1.807) is 0 Å². The van der Waals surface area contributed by atoms with Gasteiger partial charge in [-0.2, -0.15) is 0 Å². The maximum atomic E-state index is 12.6. The van der Waals surface area contributed by atoms with Crippen LogP contribution in [-0.4, -0.2) is 37.2 Å². The molecule has 0 saturated carbocycles. The monoisotopic (exact) mass is 729 g/mol. The average molecular weight is 729 g/mol. The molecule has 0 rings (SSSR count). The maximum Gasteiger partial charge on any atom is 0.306 e. The molecular formula is C46H80O6. The highest BCUT2D eigenvalue weighted by molar-refractivity contribution is 5.71. The molecule has 1 unspecified atom stereocenters. The molecule has 6 heteroatoms. The number of hydrogen-bond acceptors (Lipinski definition) is 6. The summed E-state index contributed by atoms with van der Waals surface area (Å²) in [6.45, 7) is 6.39. The van der Waals surface area contributed by atoms with Gasteiger partial charge in [0, 0.05) is 19.3 Å². The largest absolute Gasteiger partial charge is 0.462 e. The van der Waals surface area contributed by atoms with Crippen molar-refractivity contribution < 1.29 is 28.6 Å². The van der Waals surface area contributed by atoms with E-state index < -0.39 is 6.10 Å². The van der Waals surface area contributed by atoms with E-state index in [1.165, 1.54) is 77.0 Å². The molecule has 0 bridgehead atoms. The number of hydrogen-bond donors (Lipinski definition) is 0. The minimum Gasteiger partial charge on any atom is -0.462 e. The van der Waals surface area contributed by atoms with Gasteiger partial charge in [0.05, 0.1) is 0 Å². The molecule has 0 aromatic rings. The van der Waals surface area contributed by atoms with E-state index in [1.807, 2.05) is 0 Å². The lowest BCUT2D eigenvalue weighted by Gasteiger charge is -2.18. The van der Waals surface area contributed by atoms with E-state index in [0.717, 1.165) is 89.9 Å². The summed E-state index contributed by atoms with van der Waals surface area (Å²) in [6.07, 6.45) is 46.8. The Balaban J connectivity index is 4.37. The Kier molecular flexibility index (Phi) is 39.1. The summed E-state index contributed by atoms with van der Waals surface area (Å²) in [5.74, 6) is -0.952. The molecule has 0 N–H and O–H groups in total. The van der Waals surface area contributed by atoms with E-state index in [9.17, 15) is 14.4 Å². The molecule has 0 aromatic carbocycles. The molecular weight excluding hydrogens is 649 g/mol. The highest BCUT2D eigenvalue weighted by atomic mass is 16.6. The summed E-state index contributed by atoms with van der Waals surface area (Å²) in [5, 5.41) is 0. The van der Waals surface area contributed by atoms with Crippen molar-refractivity contribution in [1.29, 1.82) is 0 Å². The van der Waals surface area contributed by atoms with Crippen LogP contribution in [0, 0.1) is 0 Å². The summed E-state index contributed by atoms with van der Waals surface area (Å²) in [5.41, 5.74) is 0. The van der Waals surface area contributed by atoms with Gasteiger partial charge >= 0.3 is 17.9 Å². The van der Waals surface area contributed by atoms with Gasteiger partial charge in [-0.1, -0.05) is 146 Å². The zero-order chi connectivity index (χ0) is 38.0. The van der Waals surface area contributed by atoms with Crippen LogP contribution in [0.25, 0.3) is 0 Å². The molecule has 0 spiro atoms. The second-order valence-electron chi connectivity index (χ2n) is 14.2. The number of allylic oxidation sites excluding steroid dienone is 8. The number of unbranched alkanes of at least 4 members (excludes halogenated alkanes) is 19. The van der Waals surface area contributed by atoms with Crippen molar-refractivity contribution in [3.63, 3.8) is 0 Å². The van der Waals surface area contributed by atoms with Gasteiger partial charge < -0.3 is 14.2 Å². The van der Waals surface area contributed by atoms with Crippen molar-refractivity contribution in [3.05, 3.63) is 48.6 Å². The number of carbonyl (C=O) groups is 3. The first-order chi connectivity index (χ1) is 25.5. The highest BCUT2D eigenvalue weighted by Gasteiger charge is 2.19. The third-order valence-electron chi connectivity index (χ3n) is 9.04. The third-order valence-corrected chi connectivity index (χ3v) is 9.04. The average Bonchev–Trinajstić information content (AvgIpc) is 3.14. The van der Waals surface area contributed by atoms with Gasteiger partial charge in [-0.3, -0.25) is 14.4 Å². The molecule has 0 saturated heterocycles. The molecule has 1 atom stereocenters. The predicted molar refractivity (Wildman–Crippen MR) is 219 cm³/mol. The van der Waals surface area contributed by atoms with Crippen LogP contribution in [0.15, 0.2) is 48.6 Å². The number of esters is 3. The first kappa shape index (κ1) is 49.4. The Morgan fingerprint density at radius 2 is 0.769 bits per heavy atom. The Bertz CT molecular complexity index is 933. The normalized spacial score (nSPS) is 12.4. The van der Waals surface area contributed by atoms with Crippen LogP contribution in [0.5, 0.6) is 0 Å². The molecule has 0 amide bonds. The molecule has 0 aliphatic heterocycles. The molecule has 0 radical (unpaired) electrons. The molecule has 0 fully saturated rings. The second-order valence-corrected chi connectivity index (χ2v) is 14.2. The molecule has 0 aliphatic rings. The topological polar surface area (TPSA) is 78.9 Å². The fourth-order valence-corrected chi connectivity index (χ4v) is 5.75. The number of ether oxygens (including phenoxy) is 3. The van der Waals surface area contributed by atoms with Crippen LogP contribution in [0.2, 0.25) is 0 Å². The van der Waals surface area contributed by atoms with Gasteiger partial charge in [0.25, 0.3) is 0 Å². The van der Waals surface area contributed by atoms with E-state index in [0.29, 0.717) is 19.3 Å². The van der Waals surface area contributed by atoms with Crippen LogP contribution in [-0.2, 0) is 28.6 Å². The minimum atomic E-state index is -0.788. The second kappa shape index (κ2) is 41.1. The van der Waals surface area contributed by atoms with E-state index in [-0.39, 0.29) is 31.1 Å². The molecule has 0 aromatic heterocycles. The minimum absolute atomic E-state index is 0.0906. The molecule has 52 heavy (non-hydrogen) atoms. The molecule has 300 valence electrons. The van der Waals surface area contributed by atoms with E-state index in [2.05, 4.69) is 69.4 Å². The zero-order valence-electron chi connectivity index (χ0n) is 34.1. The van der Waals surface area contributed by atoms with Crippen molar-refractivity contribution in [1.82, 2.24) is 0 Å². The van der Waals surface area contributed by atoms with Crippen molar-refractivity contribution in [3.8, 4) is 0 Å². The summed E-state index contributed by atoms with van der Waals surface area (Å²) >= 11 is 0. The molecule has 0 aliphatic carbocycles. The highest BCUT2D eigenvalue weighted by Crippen LogP contribution is 2.13.